The van der Waals surface area contributed by atoms with E-state index in [-0.39, 0.29) is 11.7 Å². The van der Waals surface area contributed by atoms with Gasteiger partial charge in [-0.2, -0.15) is 0 Å². The van der Waals surface area contributed by atoms with Crippen molar-refractivity contribution in [2.75, 3.05) is 6.61 Å². The van der Waals surface area contributed by atoms with Crippen LogP contribution in [0.2, 0.25) is 0 Å². The number of aromatic carboxylic acids is 1. The van der Waals surface area contributed by atoms with E-state index in [0.29, 0.717) is 54.1 Å². The zero-order valence-electron chi connectivity index (χ0n) is 14.9. The van der Waals surface area contributed by atoms with Crippen LogP contribution in [0, 0.1) is 0 Å². The Hall–Kier alpha value is -2.90. The fourth-order valence-electron chi connectivity index (χ4n) is 2.77. The standard InChI is InChI=1S/C18H20N2O6/c1-10(21)24-7-5-4-6-11-16(17(22)23)20-13-9-15-14(8-12(13)19-11)25-18(2,3)26-15/h8-9H,4-7H2,1-3H3,(H,22,23). The minimum atomic E-state index is -1.13. The van der Waals surface area contributed by atoms with Crippen molar-refractivity contribution in [2.45, 2.75) is 45.8 Å². The number of esters is 1. The zero-order valence-corrected chi connectivity index (χ0v) is 14.9. The lowest BCUT2D eigenvalue weighted by Crippen LogP contribution is -2.29. The number of carboxylic acids is 1. The number of aromatic nitrogens is 2. The van der Waals surface area contributed by atoms with Gasteiger partial charge in [0.05, 0.1) is 23.3 Å². The van der Waals surface area contributed by atoms with Gasteiger partial charge in [-0.1, -0.05) is 0 Å². The normalized spacial score (nSPS) is 14.4. The molecule has 0 saturated heterocycles. The van der Waals surface area contributed by atoms with Gasteiger partial charge in [-0.05, 0) is 19.3 Å². The van der Waals surface area contributed by atoms with Crippen LogP contribution in [0.4, 0.5) is 0 Å². The summed E-state index contributed by atoms with van der Waals surface area (Å²) in [4.78, 5) is 31.0. The summed E-state index contributed by atoms with van der Waals surface area (Å²) >= 11 is 0. The molecule has 138 valence electrons. The smallest absolute Gasteiger partial charge is 0.356 e. The molecule has 2 aromatic rings. The number of ether oxygens (including phenoxy) is 3. The lowest BCUT2D eigenvalue weighted by Gasteiger charge is -2.16. The predicted octanol–water partition coefficient (Wildman–Crippen LogP) is 2.72. The second-order valence-electron chi connectivity index (χ2n) is 6.51. The molecule has 8 nitrogen and oxygen atoms in total. The van der Waals surface area contributed by atoms with Gasteiger partial charge in [0.25, 0.3) is 0 Å². The Kier molecular flexibility index (Phi) is 4.67. The molecule has 8 heteroatoms. The number of carboxylic acid groups (broad SMARTS) is 1. The molecular formula is C18H20N2O6. The van der Waals surface area contributed by atoms with Crippen LogP contribution < -0.4 is 9.47 Å². The number of benzene rings is 1. The van der Waals surface area contributed by atoms with Crippen LogP contribution in [0.15, 0.2) is 12.1 Å². The molecule has 0 spiro atoms. The van der Waals surface area contributed by atoms with Crippen LogP contribution in [-0.4, -0.2) is 39.4 Å². The van der Waals surface area contributed by atoms with Gasteiger partial charge in [0, 0.05) is 32.9 Å². The Labute approximate surface area is 150 Å². The minimum Gasteiger partial charge on any atom is -0.476 e. The van der Waals surface area contributed by atoms with E-state index >= 15 is 0 Å². The Morgan fingerprint density at radius 3 is 2.31 bits per heavy atom. The van der Waals surface area contributed by atoms with Crippen molar-refractivity contribution in [2.24, 2.45) is 0 Å². The third-order valence-electron chi connectivity index (χ3n) is 3.83. The zero-order chi connectivity index (χ0) is 18.9. The monoisotopic (exact) mass is 360 g/mol. The highest BCUT2D eigenvalue weighted by Gasteiger charge is 2.32. The molecule has 0 amide bonds. The molecule has 2 heterocycles. The number of carbonyl (C=O) groups excluding carboxylic acids is 1. The Morgan fingerprint density at radius 1 is 1.12 bits per heavy atom. The van der Waals surface area contributed by atoms with Gasteiger partial charge in [-0.3, -0.25) is 4.79 Å². The number of unbranched alkanes of at least 4 members (excludes halogenated alkanes) is 1. The van der Waals surface area contributed by atoms with Crippen molar-refractivity contribution < 1.29 is 28.9 Å². The van der Waals surface area contributed by atoms with Crippen LogP contribution in [-0.2, 0) is 16.0 Å². The van der Waals surface area contributed by atoms with E-state index < -0.39 is 11.8 Å². The van der Waals surface area contributed by atoms with Crippen molar-refractivity contribution >= 4 is 23.0 Å². The van der Waals surface area contributed by atoms with Crippen LogP contribution in [0.25, 0.3) is 11.0 Å². The molecule has 3 rings (SSSR count). The van der Waals surface area contributed by atoms with Crippen molar-refractivity contribution in [3.63, 3.8) is 0 Å². The van der Waals surface area contributed by atoms with E-state index in [4.69, 9.17) is 14.2 Å². The van der Waals surface area contributed by atoms with Gasteiger partial charge < -0.3 is 19.3 Å². The molecule has 0 saturated carbocycles. The number of hydrogen-bond acceptors (Lipinski definition) is 7. The topological polar surface area (TPSA) is 108 Å². The third kappa shape index (κ3) is 3.84. The number of hydrogen-bond donors (Lipinski definition) is 1. The van der Waals surface area contributed by atoms with Crippen molar-refractivity contribution in [3.05, 3.63) is 23.5 Å². The predicted molar refractivity (Wildman–Crippen MR) is 91.4 cm³/mol. The van der Waals surface area contributed by atoms with E-state index in [2.05, 4.69) is 9.97 Å². The number of rotatable bonds is 6. The molecule has 1 aromatic heterocycles. The van der Waals surface area contributed by atoms with Crippen LogP contribution in [0.5, 0.6) is 11.5 Å². The molecule has 1 aliphatic rings. The molecule has 1 N–H and O–H groups in total. The number of nitrogens with zero attached hydrogens (tertiary/aromatic N) is 2. The van der Waals surface area contributed by atoms with Gasteiger partial charge in [0.1, 0.15) is 0 Å². The molecule has 1 aliphatic heterocycles. The van der Waals surface area contributed by atoms with Gasteiger partial charge in [-0.15, -0.1) is 0 Å². The van der Waals surface area contributed by atoms with Crippen molar-refractivity contribution in [1.29, 1.82) is 0 Å². The maximum atomic E-state index is 11.6. The summed E-state index contributed by atoms with van der Waals surface area (Å²) < 4.78 is 16.2. The Balaban J connectivity index is 1.85. The maximum Gasteiger partial charge on any atom is 0.356 e. The summed E-state index contributed by atoms with van der Waals surface area (Å²) in [5, 5.41) is 9.45. The minimum absolute atomic E-state index is 0.0805. The van der Waals surface area contributed by atoms with E-state index in [0.717, 1.165) is 0 Å². The SMILES string of the molecule is CC(=O)OCCCCc1nc2cc3c(cc2nc1C(=O)O)OC(C)(C)O3. The largest absolute Gasteiger partial charge is 0.476 e. The highest BCUT2D eigenvalue weighted by atomic mass is 16.7. The van der Waals surface area contributed by atoms with E-state index in [1.807, 2.05) is 0 Å². The molecular weight excluding hydrogens is 340 g/mol. The summed E-state index contributed by atoms with van der Waals surface area (Å²) in [6, 6.07) is 3.35. The first-order valence-electron chi connectivity index (χ1n) is 8.34. The Bertz CT molecular complexity index is 878. The average molecular weight is 360 g/mol. The van der Waals surface area contributed by atoms with E-state index in [9.17, 15) is 14.7 Å². The molecule has 0 unspecified atom stereocenters. The highest BCUT2D eigenvalue weighted by Crippen LogP contribution is 2.41. The molecule has 0 radical (unpaired) electrons. The second kappa shape index (κ2) is 6.78. The number of carbonyl (C=O) groups is 2. The number of fused-ring (bicyclic) bond motifs is 2. The first-order chi connectivity index (χ1) is 12.2. The molecule has 0 bridgehead atoms. The highest BCUT2D eigenvalue weighted by molar-refractivity contribution is 5.90. The van der Waals surface area contributed by atoms with Gasteiger partial charge in [-0.25, -0.2) is 14.8 Å². The fraction of sp³-hybridized carbons (Fsp3) is 0.444. The quantitative estimate of drug-likeness (QED) is 0.619. The molecule has 0 atom stereocenters. The van der Waals surface area contributed by atoms with Crippen LogP contribution in [0.1, 0.15) is 49.8 Å². The summed E-state index contributed by atoms with van der Waals surface area (Å²) in [5.41, 5.74) is 1.30. The average Bonchev–Trinajstić information content (AvgIpc) is 2.83. The summed E-state index contributed by atoms with van der Waals surface area (Å²) in [7, 11) is 0. The fourth-order valence-corrected chi connectivity index (χ4v) is 2.77. The van der Waals surface area contributed by atoms with Gasteiger partial charge in [0.15, 0.2) is 17.2 Å². The van der Waals surface area contributed by atoms with Gasteiger partial charge >= 0.3 is 11.9 Å². The first-order valence-corrected chi connectivity index (χ1v) is 8.34. The van der Waals surface area contributed by atoms with Crippen LogP contribution >= 0.6 is 0 Å². The molecule has 0 fully saturated rings. The van der Waals surface area contributed by atoms with E-state index in [1.54, 1.807) is 26.0 Å². The molecule has 0 aliphatic carbocycles. The van der Waals surface area contributed by atoms with Crippen molar-refractivity contribution in [1.82, 2.24) is 9.97 Å². The Morgan fingerprint density at radius 2 is 1.73 bits per heavy atom. The lowest BCUT2D eigenvalue weighted by molar-refractivity contribution is -0.141. The lowest BCUT2D eigenvalue weighted by atomic mass is 10.1. The van der Waals surface area contributed by atoms with Gasteiger partial charge in [0.2, 0.25) is 5.79 Å². The van der Waals surface area contributed by atoms with Crippen molar-refractivity contribution in [3.8, 4) is 11.5 Å². The van der Waals surface area contributed by atoms with Crippen LogP contribution in [0.3, 0.4) is 0 Å². The third-order valence-corrected chi connectivity index (χ3v) is 3.83. The maximum absolute atomic E-state index is 11.6. The molecule has 26 heavy (non-hydrogen) atoms. The number of aryl methyl sites for hydroxylation is 1. The summed E-state index contributed by atoms with van der Waals surface area (Å²) in [5.74, 6) is -1.18. The first kappa shape index (κ1) is 17.9. The van der Waals surface area contributed by atoms with E-state index in [1.165, 1.54) is 6.92 Å². The summed E-state index contributed by atoms with van der Waals surface area (Å²) in [6.45, 7) is 5.22. The molecule has 1 aromatic carbocycles. The second-order valence-corrected chi connectivity index (χ2v) is 6.51. The summed E-state index contributed by atoms with van der Waals surface area (Å²) in [6.07, 6.45) is 1.67.